The van der Waals surface area contributed by atoms with Gasteiger partial charge in [0.25, 0.3) is 0 Å². The van der Waals surface area contributed by atoms with Gasteiger partial charge in [0.05, 0.1) is 12.8 Å². The molecule has 2 N–H and O–H groups in total. The Morgan fingerprint density at radius 1 is 1.47 bits per heavy atom. The smallest absolute Gasteiger partial charge is 0.224 e. The zero-order valence-corrected chi connectivity index (χ0v) is 11.0. The number of rotatable bonds is 4. The van der Waals surface area contributed by atoms with E-state index in [4.69, 9.17) is 4.74 Å². The number of benzene rings is 1. The van der Waals surface area contributed by atoms with Gasteiger partial charge in [0.1, 0.15) is 11.6 Å². The Hall–Kier alpha value is -1.62. The minimum absolute atomic E-state index is 0.0872. The van der Waals surface area contributed by atoms with E-state index in [1.165, 1.54) is 25.3 Å². The van der Waals surface area contributed by atoms with E-state index in [2.05, 4.69) is 10.6 Å². The van der Waals surface area contributed by atoms with Crippen LogP contribution in [-0.4, -0.2) is 26.1 Å². The monoisotopic (exact) mass is 266 g/mol. The maximum atomic E-state index is 13.2. The van der Waals surface area contributed by atoms with Gasteiger partial charge in [-0.25, -0.2) is 4.39 Å². The van der Waals surface area contributed by atoms with Crippen LogP contribution < -0.4 is 15.4 Å². The fourth-order valence-electron chi connectivity index (χ4n) is 2.33. The van der Waals surface area contributed by atoms with Crippen LogP contribution in [0.5, 0.6) is 5.75 Å². The molecule has 0 bridgehead atoms. The number of piperidine rings is 1. The Balaban J connectivity index is 1.95. The summed E-state index contributed by atoms with van der Waals surface area (Å²) in [7, 11) is 1.50. The summed E-state index contributed by atoms with van der Waals surface area (Å²) in [5.41, 5.74) is 0.390. The fraction of sp³-hybridized carbons (Fsp3) is 0.500. The molecule has 1 fully saturated rings. The minimum Gasteiger partial charge on any atom is -0.495 e. The molecule has 0 saturated carbocycles. The molecule has 0 atom stereocenters. The Morgan fingerprint density at radius 2 is 2.21 bits per heavy atom. The number of hydrogen-bond donors (Lipinski definition) is 2. The summed E-state index contributed by atoms with van der Waals surface area (Å²) in [6, 6.07) is 4.09. The number of nitrogens with one attached hydrogen (secondary N) is 2. The first kappa shape index (κ1) is 13.8. The lowest BCUT2D eigenvalue weighted by Gasteiger charge is -2.22. The van der Waals surface area contributed by atoms with Crippen molar-refractivity contribution >= 4 is 11.6 Å². The summed E-state index contributed by atoms with van der Waals surface area (Å²) >= 11 is 0. The predicted molar refractivity (Wildman–Crippen MR) is 71.8 cm³/mol. The minimum atomic E-state index is -0.391. The van der Waals surface area contributed by atoms with Crippen molar-refractivity contribution in [2.75, 3.05) is 25.5 Å². The molecule has 2 rings (SSSR count). The van der Waals surface area contributed by atoms with E-state index < -0.39 is 5.82 Å². The summed E-state index contributed by atoms with van der Waals surface area (Å²) in [4.78, 5) is 12.0. The molecule has 1 aromatic carbocycles. The van der Waals surface area contributed by atoms with E-state index in [0.29, 0.717) is 23.8 Å². The third-order valence-electron chi connectivity index (χ3n) is 3.37. The van der Waals surface area contributed by atoms with Crippen molar-refractivity contribution < 1.29 is 13.9 Å². The van der Waals surface area contributed by atoms with E-state index >= 15 is 0 Å². The van der Waals surface area contributed by atoms with Crippen molar-refractivity contribution in [2.24, 2.45) is 5.92 Å². The highest BCUT2D eigenvalue weighted by atomic mass is 19.1. The molecule has 5 heteroatoms. The molecular formula is C14H19FN2O2. The molecule has 0 unspecified atom stereocenters. The molecular weight excluding hydrogens is 247 g/mol. The second kappa shape index (κ2) is 6.52. The molecule has 104 valence electrons. The first-order valence-electron chi connectivity index (χ1n) is 6.53. The van der Waals surface area contributed by atoms with Crippen LogP contribution in [0.1, 0.15) is 19.3 Å². The quantitative estimate of drug-likeness (QED) is 0.878. The first-order chi connectivity index (χ1) is 9.19. The van der Waals surface area contributed by atoms with Gasteiger partial charge in [-0.05, 0) is 44.0 Å². The van der Waals surface area contributed by atoms with Gasteiger partial charge < -0.3 is 15.4 Å². The van der Waals surface area contributed by atoms with Crippen LogP contribution >= 0.6 is 0 Å². The normalized spacial score (nSPS) is 16.1. The highest BCUT2D eigenvalue weighted by molar-refractivity contribution is 5.92. The van der Waals surface area contributed by atoms with E-state index in [1.54, 1.807) is 0 Å². The highest BCUT2D eigenvalue weighted by Gasteiger charge is 2.17. The molecule has 1 saturated heterocycles. The van der Waals surface area contributed by atoms with Gasteiger partial charge in [-0.15, -0.1) is 0 Å². The van der Waals surface area contributed by atoms with Gasteiger partial charge in [-0.1, -0.05) is 0 Å². The molecule has 0 aromatic heterocycles. The van der Waals surface area contributed by atoms with Gasteiger partial charge in [0.15, 0.2) is 0 Å². The third kappa shape index (κ3) is 3.92. The zero-order valence-electron chi connectivity index (χ0n) is 11.0. The Bertz CT molecular complexity index is 445. The molecule has 19 heavy (non-hydrogen) atoms. The number of halogens is 1. The van der Waals surface area contributed by atoms with Gasteiger partial charge >= 0.3 is 0 Å². The van der Waals surface area contributed by atoms with Crippen molar-refractivity contribution in [1.82, 2.24) is 5.32 Å². The molecule has 1 aromatic rings. The SMILES string of the molecule is COc1ccc(F)cc1NC(=O)CC1CCNCC1. The average Bonchev–Trinajstić information content (AvgIpc) is 2.40. The number of anilines is 1. The number of hydrogen-bond acceptors (Lipinski definition) is 3. The lowest BCUT2D eigenvalue weighted by Crippen LogP contribution is -2.30. The van der Waals surface area contributed by atoms with Crippen molar-refractivity contribution in [1.29, 1.82) is 0 Å². The topological polar surface area (TPSA) is 50.4 Å². The molecule has 1 aliphatic heterocycles. The van der Waals surface area contributed by atoms with Crippen LogP contribution in [0.4, 0.5) is 10.1 Å². The average molecular weight is 266 g/mol. The lowest BCUT2D eigenvalue weighted by atomic mass is 9.94. The molecule has 0 spiro atoms. The third-order valence-corrected chi connectivity index (χ3v) is 3.37. The number of amides is 1. The number of carbonyl (C=O) groups excluding carboxylic acids is 1. The van der Waals surface area contributed by atoms with Crippen molar-refractivity contribution in [3.05, 3.63) is 24.0 Å². The molecule has 1 amide bonds. The summed E-state index contributed by atoms with van der Waals surface area (Å²) < 4.78 is 18.3. The van der Waals surface area contributed by atoms with E-state index in [0.717, 1.165) is 25.9 Å². The van der Waals surface area contributed by atoms with Gasteiger partial charge in [-0.3, -0.25) is 4.79 Å². The molecule has 1 aliphatic rings. The van der Waals surface area contributed by atoms with Crippen LogP contribution in [0.2, 0.25) is 0 Å². The van der Waals surface area contributed by atoms with Crippen molar-refractivity contribution in [3.63, 3.8) is 0 Å². The van der Waals surface area contributed by atoms with Gasteiger partial charge in [-0.2, -0.15) is 0 Å². The molecule has 0 radical (unpaired) electrons. The summed E-state index contributed by atoms with van der Waals surface area (Å²) in [5.74, 6) is 0.398. The standard InChI is InChI=1S/C14H19FN2O2/c1-19-13-3-2-11(15)9-12(13)17-14(18)8-10-4-6-16-7-5-10/h2-3,9-10,16H,4-8H2,1H3,(H,17,18). The Labute approximate surface area is 112 Å². The maximum Gasteiger partial charge on any atom is 0.224 e. The predicted octanol–water partition coefficient (Wildman–Crippen LogP) is 2.16. The Kier molecular flexibility index (Phi) is 4.74. The maximum absolute atomic E-state index is 13.2. The van der Waals surface area contributed by atoms with Crippen molar-refractivity contribution in [2.45, 2.75) is 19.3 Å². The van der Waals surface area contributed by atoms with Gasteiger partial charge in [0.2, 0.25) is 5.91 Å². The first-order valence-corrected chi connectivity index (χ1v) is 6.53. The summed E-state index contributed by atoms with van der Waals surface area (Å²) in [6.07, 6.45) is 2.49. The van der Waals surface area contributed by atoms with E-state index in [-0.39, 0.29) is 5.91 Å². The fourth-order valence-corrected chi connectivity index (χ4v) is 2.33. The molecule has 0 aliphatic carbocycles. The molecule has 1 heterocycles. The van der Waals surface area contributed by atoms with Crippen LogP contribution in [0.15, 0.2) is 18.2 Å². The Morgan fingerprint density at radius 3 is 2.89 bits per heavy atom. The van der Waals surface area contributed by atoms with Crippen LogP contribution in [-0.2, 0) is 4.79 Å². The van der Waals surface area contributed by atoms with Gasteiger partial charge in [0, 0.05) is 12.5 Å². The summed E-state index contributed by atoms with van der Waals surface area (Å²) in [6.45, 7) is 1.92. The van der Waals surface area contributed by atoms with Crippen LogP contribution in [0, 0.1) is 11.7 Å². The zero-order chi connectivity index (χ0) is 13.7. The largest absolute Gasteiger partial charge is 0.495 e. The van der Waals surface area contributed by atoms with Crippen LogP contribution in [0.25, 0.3) is 0 Å². The van der Waals surface area contributed by atoms with E-state index in [9.17, 15) is 9.18 Å². The summed E-state index contributed by atoms with van der Waals surface area (Å²) in [5, 5.41) is 5.99. The lowest BCUT2D eigenvalue weighted by molar-refractivity contribution is -0.117. The van der Waals surface area contributed by atoms with Crippen molar-refractivity contribution in [3.8, 4) is 5.75 Å². The second-order valence-electron chi connectivity index (χ2n) is 4.79. The highest BCUT2D eigenvalue weighted by Crippen LogP contribution is 2.26. The van der Waals surface area contributed by atoms with E-state index in [1.807, 2.05) is 0 Å². The number of carbonyl (C=O) groups is 1. The number of ether oxygens (including phenoxy) is 1. The number of methoxy groups -OCH3 is 1. The van der Waals surface area contributed by atoms with Crippen LogP contribution in [0.3, 0.4) is 0 Å². The second-order valence-corrected chi connectivity index (χ2v) is 4.79. The molecule has 4 nitrogen and oxygen atoms in total.